The van der Waals surface area contributed by atoms with Crippen molar-refractivity contribution >= 4 is 0 Å². The van der Waals surface area contributed by atoms with Gasteiger partial charge in [-0.1, -0.05) is 6.08 Å². The summed E-state index contributed by atoms with van der Waals surface area (Å²) in [6.07, 6.45) is 4.50. The van der Waals surface area contributed by atoms with Gasteiger partial charge in [0.2, 0.25) is 0 Å². The second-order valence-corrected chi connectivity index (χ2v) is 5.76. The van der Waals surface area contributed by atoms with E-state index in [9.17, 15) is 0 Å². The van der Waals surface area contributed by atoms with E-state index in [-0.39, 0.29) is 5.54 Å². The molecular formula is C14H30N2. The number of rotatable bonds is 8. The van der Waals surface area contributed by atoms with Crippen LogP contribution in [0.25, 0.3) is 0 Å². The van der Waals surface area contributed by atoms with E-state index in [4.69, 9.17) is 0 Å². The zero-order chi connectivity index (χ0) is 12.6. The second-order valence-electron chi connectivity index (χ2n) is 5.76. The van der Waals surface area contributed by atoms with Crippen LogP contribution in [0.2, 0.25) is 0 Å². The fourth-order valence-corrected chi connectivity index (χ4v) is 1.63. The second kappa shape index (κ2) is 7.86. The molecule has 2 nitrogen and oxygen atoms in total. The Bertz CT molecular complexity index is 180. The van der Waals surface area contributed by atoms with Crippen molar-refractivity contribution in [1.29, 1.82) is 0 Å². The van der Waals surface area contributed by atoms with E-state index in [1.807, 2.05) is 6.08 Å². The molecule has 0 spiro atoms. The summed E-state index contributed by atoms with van der Waals surface area (Å²) in [5, 5.41) is 3.52. The van der Waals surface area contributed by atoms with E-state index in [0.717, 1.165) is 13.1 Å². The van der Waals surface area contributed by atoms with E-state index in [1.54, 1.807) is 0 Å². The first-order chi connectivity index (χ1) is 7.37. The maximum atomic E-state index is 3.81. The Balaban J connectivity index is 3.59. The van der Waals surface area contributed by atoms with Gasteiger partial charge in [0.25, 0.3) is 0 Å². The molecule has 0 radical (unpaired) electrons. The highest BCUT2D eigenvalue weighted by molar-refractivity contribution is 4.76. The lowest BCUT2D eigenvalue weighted by Gasteiger charge is -2.25. The third kappa shape index (κ3) is 8.93. The predicted octanol–water partition coefficient (Wildman–Crippen LogP) is 3.05. The molecule has 0 aliphatic heterocycles. The molecule has 0 aromatic carbocycles. The molecule has 0 aliphatic carbocycles. The largest absolute Gasteiger partial charge is 0.312 e. The lowest BCUT2D eigenvalue weighted by molar-refractivity contribution is 0.239. The van der Waals surface area contributed by atoms with Gasteiger partial charge in [0.05, 0.1) is 0 Å². The normalized spacial score (nSPS) is 12.4. The number of hydrogen-bond acceptors (Lipinski definition) is 2. The van der Waals surface area contributed by atoms with Crippen molar-refractivity contribution in [3.05, 3.63) is 12.7 Å². The topological polar surface area (TPSA) is 15.3 Å². The molecule has 0 unspecified atom stereocenters. The first-order valence-electron chi connectivity index (χ1n) is 6.47. The molecule has 0 saturated carbocycles. The van der Waals surface area contributed by atoms with Gasteiger partial charge in [0, 0.05) is 18.1 Å². The SMILES string of the molecule is C=CCN(CCCCNC(C)(C)C)C(C)C. The Morgan fingerprint density at radius 1 is 1.25 bits per heavy atom. The summed E-state index contributed by atoms with van der Waals surface area (Å²) in [5.41, 5.74) is 0.249. The third-order valence-electron chi connectivity index (χ3n) is 2.62. The van der Waals surface area contributed by atoms with Crippen molar-refractivity contribution in [2.75, 3.05) is 19.6 Å². The highest BCUT2D eigenvalue weighted by Crippen LogP contribution is 2.03. The van der Waals surface area contributed by atoms with Crippen LogP contribution in [0.4, 0.5) is 0 Å². The van der Waals surface area contributed by atoms with Crippen LogP contribution in [0.3, 0.4) is 0 Å². The average Bonchev–Trinajstić information content (AvgIpc) is 2.13. The van der Waals surface area contributed by atoms with Gasteiger partial charge in [0.1, 0.15) is 0 Å². The van der Waals surface area contributed by atoms with Crippen LogP contribution in [0.15, 0.2) is 12.7 Å². The summed E-state index contributed by atoms with van der Waals surface area (Å²) in [6, 6.07) is 0.619. The van der Waals surface area contributed by atoms with Gasteiger partial charge in [-0.2, -0.15) is 0 Å². The quantitative estimate of drug-likeness (QED) is 0.505. The highest BCUT2D eigenvalue weighted by atomic mass is 15.1. The van der Waals surface area contributed by atoms with Gasteiger partial charge in [-0.3, -0.25) is 4.90 Å². The molecule has 16 heavy (non-hydrogen) atoms. The molecule has 96 valence electrons. The molecule has 0 heterocycles. The summed E-state index contributed by atoms with van der Waals surface area (Å²) in [6.45, 7) is 18.2. The van der Waals surface area contributed by atoms with Crippen molar-refractivity contribution in [2.45, 2.75) is 59.0 Å². The molecular weight excluding hydrogens is 196 g/mol. The summed E-state index contributed by atoms with van der Waals surface area (Å²) in [4.78, 5) is 2.46. The molecule has 2 heteroatoms. The monoisotopic (exact) mass is 226 g/mol. The van der Waals surface area contributed by atoms with Crippen molar-refractivity contribution in [3.8, 4) is 0 Å². The molecule has 0 atom stereocenters. The van der Waals surface area contributed by atoms with Crippen LogP contribution >= 0.6 is 0 Å². The van der Waals surface area contributed by atoms with E-state index in [1.165, 1.54) is 19.4 Å². The minimum atomic E-state index is 0.249. The first kappa shape index (κ1) is 15.7. The molecule has 0 aromatic rings. The van der Waals surface area contributed by atoms with E-state index < -0.39 is 0 Å². The summed E-state index contributed by atoms with van der Waals surface area (Å²) < 4.78 is 0. The van der Waals surface area contributed by atoms with Crippen LogP contribution in [0.5, 0.6) is 0 Å². The van der Waals surface area contributed by atoms with Gasteiger partial charge in [0.15, 0.2) is 0 Å². The van der Waals surface area contributed by atoms with Crippen LogP contribution < -0.4 is 5.32 Å². The molecule has 0 aliphatic rings. The zero-order valence-corrected chi connectivity index (χ0v) is 11.8. The highest BCUT2D eigenvalue weighted by Gasteiger charge is 2.09. The lowest BCUT2D eigenvalue weighted by atomic mass is 10.1. The number of unbranched alkanes of at least 4 members (excludes halogenated alkanes) is 1. The third-order valence-corrected chi connectivity index (χ3v) is 2.62. The van der Waals surface area contributed by atoms with Crippen molar-refractivity contribution in [3.63, 3.8) is 0 Å². The molecule has 0 bridgehead atoms. The Morgan fingerprint density at radius 3 is 2.31 bits per heavy atom. The zero-order valence-electron chi connectivity index (χ0n) is 11.8. The van der Waals surface area contributed by atoms with Crippen LogP contribution in [-0.4, -0.2) is 36.1 Å². The Hall–Kier alpha value is -0.340. The maximum absolute atomic E-state index is 3.81. The minimum Gasteiger partial charge on any atom is -0.312 e. The smallest absolute Gasteiger partial charge is 0.0163 e. The Kier molecular flexibility index (Phi) is 7.69. The number of hydrogen-bond donors (Lipinski definition) is 1. The fraction of sp³-hybridized carbons (Fsp3) is 0.857. The van der Waals surface area contributed by atoms with Crippen molar-refractivity contribution < 1.29 is 0 Å². The molecule has 0 amide bonds. The van der Waals surface area contributed by atoms with E-state index in [0.29, 0.717) is 6.04 Å². The summed E-state index contributed by atoms with van der Waals surface area (Å²) in [5.74, 6) is 0. The molecule has 0 saturated heterocycles. The van der Waals surface area contributed by atoms with Gasteiger partial charge in [-0.25, -0.2) is 0 Å². The summed E-state index contributed by atoms with van der Waals surface area (Å²) in [7, 11) is 0. The fourth-order valence-electron chi connectivity index (χ4n) is 1.63. The van der Waals surface area contributed by atoms with Crippen molar-refractivity contribution in [2.24, 2.45) is 0 Å². The minimum absolute atomic E-state index is 0.249. The van der Waals surface area contributed by atoms with Gasteiger partial charge < -0.3 is 5.32 Å². The van der Waals surface area contributed by atoms with Gasteiger partial charge in [-0.15, -0.1) is 6.58 Å². The van der Waals surface area contributed by atoms with E-state index >= 15 is 0 Å². The number of nitrogens with zero attached hydrogens (tertiary/aromatic N) is 1. The van der Waals surface area contributed by atoms with Crippen LogP contribution in [0, 0.1) is 0 Å². The predicted molar refractivity (Wildman–Crippen MR) is 73.9 cm³/mol. The molecule has 0 fully saturated rings. The van der Waals surface area contributed by atoms with Crippen molar-refractivity contribution in [1.82, 2.24) is 10.2 Å². The lowest BCUT2D eigenvalue weighted by Crippen LogP contribution is -2.37. The van der Waals surface area contributed by atoms with E-state index in [2.05, 4.69) is 51.4 Å². The standard InChI is InChI=1S/C14H30N2/c1-7-11-16(13(2)3)12-9-8-10-15-14(4,5)6/h7,13,15H,1,8-12H2,2-6H3. The Morgan fingerprint density at radius 2 is 1.88 bits per heavy atom. The van der Waals surface area contributed by atoms with Gasteiger partial charge >= 0.3 is 0 Å². The van der Waals surface area contributed by atoms with Crippen LogP contribution in [-0.2, 0) is 0 Å². The van der Waals surface area contributed by atoms with Crippen LogP contribution in [0.1, 0.15) is 47.5 Å². The molecule has 0 rings (SSSR count). The summed E-state index contributed by atoms with van der Waals surface area (Å²) >= 11 is 0. The average molecular weight is 226 g/mol. The Labute approximate surface area is 102 Å². The first-order valence-corrected chi connectivity index (χ1v) is 6.47. The maximum Gasteiger partial charge on any atom is 0.0163 e. The van der Waals surface area contributed by atoms with Gasteiger partial charge in [-0.05, 0) is 60.5 Å². The molecule has 0 aromatic heterocycles. The number of nitrogens with one attached hydrogen (secondary N) is 1. The molecule has 1 N–H and O–H groups in total.